The van der Waals surface area contributed by atoms with Gasteiger partial charge in [-0.25, -0.2) is 4.98 Å². The number of carbonyl (C=O) groups excluding carboxylic acids is 2. The smallest absolute Gasteiger partial charge is 0.276 e. The summed E-state index contributed by atoms with van der Waals surface area (Å²) in [4.78, 5) is 36.9. The number of benzene rings is 2. The molecule has 2 aromatic carbocycles. The molecule has 0 aliphatic carbocycles. The van der Waals surface area contributed by atoms with Crippen LogP contribution in [0.5, 0.6) is 0 Å². The standard InChI is InChI=1S/C22H21N5O2/c1-22(2,3)27-19(28)15-9-6-10-16-18(15)25-21(24-16)26-20(29)17-11-13-7-4-5-8-14(13)12-23-17/h4-12H,1-3H3,(H,27,28)(H2,24,25,26,29). The molecule has 3 N–H and O–H groups in total. The maximum atomic E-state index is 12.6. The minimum Gasteiger partial charge on any atom is -0.347 e. The third-order valence-corrected chi connectivity index (χ3v) is 4.34. The molecule has 0 saturated carbocycles. The Bertz CT molecular complexity index is 1240. The highest BCUT2D eigenvalue weighted by molar-refractivity contribution is 6.07. The van der Waals surface area contributed by atoms with Crippen LogP contribution in [0.1, 0.15) is 41.6 Å². The van der Waals surface area contributed by atoms with E-state index in [1.54, 1.807) is 30.5 Å². The predicted octanol–water partition coefficient (Wildman–Crippen LogP) is 3.89. The molecule has 0 spiro atoms. The van der Waals surface area contributed by atoms with Crippen molar-refractivity contribution in [2.45, 2.75) is 26.3 Å². The Hall–Kier alpha value is -3.74. The molecule has 4 aromatic rings. The van der Waals surface area contributed by atoms with Gasteiger partial charge in [0.1, 0.15) is 11.2 Å². The number of carbonyl (C=O) groups is 2. The zero-order valence-electron chi connectivity index (χ0n) is 16.4. The van der Waals surface area contributed by atoms with Crippen molar-refractivity contribution in [3.8, 4) is 0 Å². The third kappa shape index (κ3) is 3.94. The molecule has 7 heteroatoms. The number of H-pyrrole nitrogens is 1. The van der Waals surface area contributed by atoms with E-state index in [9.17, 15) is 9.59 Å². The fourth-order valence-electron chi connectivity index (χ4n) is 3.06. The van der Waals surface area contributed by atoms with Gasteiger partial charge in [0.15, 0.2) is 0 Å². The number of aromatic amines is 1. The Morgan fingerprint density at radius 2 is 1.72 bits per heavy atom. The first kappa shape index (κ1) is 18.6. The molecule has 0 fully saturated rings. The number of hydrogen-bond acceptors (Lipinski definition) is 4. The number of hydrogen-bond donors (Lipinski definition) is 3. The maximum Gasteiger partial charge on any atom is 0.276 e. The molecule has 0 saturated heterocycles. The molecular weight excluding hydrogens is 366 g/mol. The van der Waals surface area contributed by atoms with E-state index in [1.807, 2.05) is 45.0 Å². The summed E-state index contributed by atoms with van der Waals surface area (Å²) in [5.74, 6) is -0.338. The van der Waals surface area contributed by atoms with Crippen LogP contribution >= 0.6 is 0 Å². The molecule has 7 nitrogen and oxygen atoms in total. The van der Waals surface area contributed by atoms with Gasteiger partial charge in [-0.3, -0.25) is 19.9 Å². The van der Waals surface area contributed by atoms with Crippen molar-refractivity contribution in [3.05, 3.63) is 66.0 Å². The van der Waals surface area contributed by atoms with E-state index < -0.39 is 0 Å². The van der Waals surface area contributed by atoms with Gasteiger partial charge in [-0.05, 0) is 44.4 Å². The van der Waals surface area contributed by atoms with Crippen molar-refractivity contribution in [2.24, 2.45) is 0 Å². The van der Waals surface area contributed by atoms with Crippen LogP contribution in [0, 0.1) is 0 Å². The van der Waals surface area contributed by atoms with Gasteiger partial charge in [-0.2, -0.15) is 0 Å². The third-order valence-electron chi connectivity index (χ3n) is 4.34. The van der Waals surface area contributed by atoms with Gasteiger partial charge in [0.2, 0.25) is 5.95 Å². The lowest BCUT2D eigenvalue weighted by molar-refractivity contribution is 0.0920. The van der Waals surface area contributed by atoms with Gasteiger partial charge < -0.3 is 10.3 Å². The summed E-state index contributed by atoms with van der Waals surface area (Å²) in [6.07, 6.45) is 1.66. The number of nitrogens with zero attached hydrogens (tertiary/aromatic N) is 2. The van der Waals surface area contributed by atoms with E-state index in [4.69, 9.17) is 0 Å². The summed E-state index contributed by atoms with van der Waals surface area (Å²) in [6.45, 7) is 5.74. The summed E-state index contributed by atoms with van der Waals surface area (Å²) < 4.78 is 0. The largest absolute Gasteiger partial charge is 0.347 e. The van der Waals surface area contributed by atoms with Crippen LogP contribution in [0.15, 0.2) is 54.7 Å². The van der Waals surface area contributed by atoms with Gasteiger partial charge in [0.05, 0.1) is 11.1 Å². The highest BCUT2D eigenvalue weighted by atomic mass is 16.2. The molecule has 0 unspecified atom stereocenters. The number of amides is 2. The summed E-state index contributed by atoms with van der Waals surface area (Å²) in [6, 6.07) is 14.7. The van der Waals surface area contributed by atoms with E-state index in [-0.39, 0.29) is 29.0 Å². The summed E-state index contributed by atoms with van der Waals surface area (Å²) in [7, 11) is 0. The normalized spacial score (nSPS) is 11.6. The van der Waals surface area contributed by atoms with Gasteiger partial charge in [0.25, 0.3) is 11.8 Å². The SMILES string of the molecule is CC(C)(C)NC(=O)c1cccc2[nH]c(NC(=O)c3cc4ccccc4cn3)nc12. The van der Waals surface area contributed by atoms with Crippen LogP contribution in [0.4, 0.5) is 5.95 Å². The van der Waals surface area contributed by atoms with Crippen molar-refractivity contribution in [1.82, 2.24) is 20.3 Å². The predicted molar refractivity (Wildman–Crippen MR) is 113 cm³/mol. The molecule has 4 rings (SSSR count). The van der Waals surface area contributed by atoms with Crippen molar-refractivity contribution in [1.29, 1.82) is 0 Å². The van der Waals surface area contributed by atoms with E-state index in [2.05, 4.69) is 25.6 Å². The topological polar surface area (TPSA) is 99.8 Å². The van der Waals surface area contributed by atoms with E-state index in [0.29, 0.717) is 16.6 Å². The van der Waals surface area contributed by atoms with E-state index >= 15 is 0 Å². The average Bonchev–Trinajstić information content (AvgIpc) is 3.08. The molecule has 2 heterocycles. The molecule has 0 atom stereocenters. The van der Waals surface area contributed by atoms with Crippen molar-refractivity contribution < 1.29 is 9.59 Å². The zero-order chi connectivity index (χ0) is 20.6. The van der Waals surface area contributed by atoms with Crippen LogP contribution in [0.25, 0.3) is 21.8 Å². The quantitative estimate of drug-likeness (QED) is 0.496. The highest BCUT2D eigenvalue weighted by Gasteiger charge is 2.19. The molecule has 0 bridgehead atoms. The van der Waals surface area contributed by atoms with Gasteiger partial charge in [-0.15, -0.1) is 0 Å². The summed E-state index contributed by atoms with van der Waals surface area (Å²) in [5, 5.41) is 7.55. The first-order valence-corrected chi connectivity index (χ1v) is 9.27. The first-order chi connectivity index (χ1) is 13.8. The van der Waals surface area contributed by atoms with Crippen molar-refractivity contribution in [2.75, 3.05) is 5.32 Å². The van der Waals surface area contributed by atoms with E-state index in [1.165, 1.54) is 0 Å². The van der Waals surface area contributed by atoms with Crippen LogP contribution in [0.2, 0.25) is 0 Å². The number of aromatic nitrogens is 3. The van der Waals surface area contributed by atoms with Crippen molar-refractivity contribution in [3.63, 3.8) is 0 Å². The number of para-hydroxylation sites is 1. The Balaban J connectivity index is 1.61. The number of imidazole rings is 1. The average molecular weight is 387 g/mol. The van der Waals surface area contributed by atoms with E-state index in [0.717, 1.165) is 10.8 Å². The number of anilines is 1. The molecule has 146 valence electrons. The second-order valence-corrected chi connectivity index (χ2v) is 7.86. The number of pyridine rings is 1. The van der Waals surface area contributed by atoms with Gasteiger partial charge in [-0.1, -0.05) is 30.3 Å². The maximum absolute atomic E-state index is 12.6. The fourth-order valence-corrected chi connectivity index (χ4v) is 3.06. The molecule has 0 radical (unpaired) electrons. The highest BCUT2D eigenvalue weighted by Crippen LogP contribution is 2.20. The lowest BCUT2D eigenvalue weighted by Gasteiger charge is -2.20. The second-order valence-electron chi connectivity index (χ2n) is 7.86. The Kier molecular flexibility index (Phi) is 4.50. The Morgan fingerprint density at radius 1 is 0.966 bits per heavy atom. The monoisotopic (exact) mass is 387 g/mol. The minimum absolute atomic E-state index is 0.219. The molecule has 2 amide bonds. The Morgan fingerprint density at radius 3 is 2.48 bits per heavy atom. The fraction of sp³-hybridized carbons (Fsp3) is 0.182. The molecule has 0 aliphatic heterocycles. The lowest BCUT2D eigenvalue weighted by atomic mass is 10.1. The molecule has 2 aromatic heterocycles. The summed E-state index contributed by atoms with van der Waals surface area (Å²) in [5.41, 5.74) is 1.52. The minimum atomic E-state index is -0.379. The number of nitrogens with one attached hydrogen (secondary N) is 3. The zero-order valence-corrected chi connectivity index (χ0v) is 16.4. The van der Waals surface area contributed by atoms with Crippen LogP contribution in [-0.4, -0.2) is 32.3 Å². The van der Waals surface area contributed by atoms with Crippen LogP contribution < -0.4 is 10.6 Å². The lowest BCUT2D eigenvalue weighted by Crippen LogP contribution is -2.40. The van der Waals surface area contributed by atoms with Gasteiger partial charge >= 0.3 is 0 Å². The number of rotatable bonds is 3. The van der Waals surface area contributed by atoms with Gasteiger partial charge in [0, 0.05) is 17.1 Å². The molecule has 0 aliphatic rings. The second kappa shape index (κ2) is 7.01. The van der Waals surface area contributed by atoms with Crippen molar-refractivity contribution >= 4 is 39.6 Å². The molecular formula is C22H21N5O2. The van der Waals surface area contributed by atoms with Crippen LogP contribution in [0.3, 0.4) is 0 Å². The summed E-state index contributed by atoms with van der Waals surface area (Å²) >= 11 is 0. The first-order valence-electron chi connectivity index (χ1n) is 9.27. The Labute approximate surface area is 167 Å². The van der Waals surface area contributed by atoms with Crippen LogP contribution in [-0.2, 0) is 0 Å². The number of fused-ring (bicyclic) bond motifs is 2. The molecule has 29 heavy (non-hydrogen) atoms.